The Bertz CT molecular complexity index is 473. The number of hydrogen-bond acceptors (Lipinski definition) is 2. The zero-order valence-electron chi connectivity index (χ0n) is 12.7. The lowest BCUT2D eigenvalue weighted by atomic mass is 10.0. The first kappa shape index (κ1) is 15.5. The van der Waals surface area contributed by atoms with Crippen LogP contribution in [0.2, 0.25) is 0 Å². The Morgan fingerprint density at radius 2 is 2.00 bits per heavy atom. The van der Waals surface area contributed by atoms with Crippen LogP contribution >= 0.6 is 0 Å². The van der Waals surface area contributed by atoms with Crippen LogP contribution in [0, 0.1) is 0 Å². The van der Waals surface area contributed by atoms with Crippen LogP contribution in [0.25, 0.3) is 0 Å². The standard InChI is InChI=1S/C17H24N2O2/c1-14(15-8-4-2-5-9-15)12-18-16(20)13-19-11-7-3-6-10-17(19)21/h2,4-5,8-9,14H,3,6-7,10-13H2,1H3,(H,18,20)/t14-/m0/s1. The monoisotopic (exact) mass is 288 g/mol. The smallest absolute Gasteiger partial charge is 0.239 e. The zero-order chi connectivity index (χ0) is 15.1. The fourth-order valence-corrected chi connectivity index (χ4v) is 2.60. The van der Waals surface area contributed by atoms with Crippen molar-refractivity contribution in [3.8, 4) is 0 Å². The van der Waals surface area contributed by atoms with Gasteiger partial charge in [-0.05, 0) is 24.3 Å². The van der Waals surface area contributed by atoms with Gasteiger partial charge in [0.1, 0.15) is 0 Å². The summed E-state index contributed by atoms with van der Waals surface area (Å²) in [5.74, 6) is 0.321. The summed E-state index contributed by atoms with van der Waals surface area (Å²) in [4.78, 5) is 25.5. The van der Waals surface area contributed by atoms with E-state index in [9.17, 15) is 9.59 Å². The summed E-state index contributed by atoms with van der Waals surface area (Å²) in [5.41, 5.74) is 1.21. The minimum absolute atomic E-state index is 0.0620. The number of likely N-dealkylation sites (tertiary alicyclic amines) is 1. The molecule has 2 rings (SSSR count). The first-order chi connectivity index (χ1) is 10.2. The maximum Gasteiger partial charge on any atom is 0.239 e. The van der Waals surface area contributed by atoms with E-state index < -0.39 is 0 Å². The average molecular weight is 288 g/mol. The Kier molecular flexibility index (Phi) is 5.78. The minimum atomic E-state index is -0.0620. The van der Waals surface area contributed by atoms with E-state index >= 15 is 0 Å². The Labute approximate surface area is 126 Å². The van der Waals surface area contributed by atoms with Crippen LogP contribution < -0.4 is 5.32 Å². The lowest BCUT2D eigenvalue weighted by molar-refractivity contribution is -0.135. The first-order valence-electron chi connectivity index (χ1n) is 7.76. The van der Waals surface area contributed by atoms with Crippen LogP contribution in [0.4, 0.5) is 0 Å². The lowest BCUT2D eigenvalue weighted by Crippen LogP contribution is -2.41. The van der Waals surface area contributed by atoms with E-state index in [2.05, 4.69) is 24.4 Å². The Morgan fingerprint density at radius 3 is 2.76 bits per heavy atom. The summed E-state index contributed by atoms with van der Waals surface area (Å²) < 4.78 is 0. The third-order valence-electron chi connectivity index (χ3n) is 3.98. The van der Waals surface area contributed by atoms with Gasteiger partial charge in [0, 0.05) is 19.5 Å². The third-order valence-corrected chi connectivity index (χ3v) is 3.98. The van der Waals surface area contributed by atoms with Crippen molar-refractivity contribution in [1.29, 1.82) is 0 Å². The maximum atomic E-state index is 12.0. The fraction of sp³-hybridized carbons (Fsp3) is 0.529. The molecule has 1 aromatic rings. The highest BCUT2D eigenvalue weighted by Crippen LogP contribution is 2.13. The maximum absolute atomic E-state index is 12.0. The molecule has 114 valence electrons. The normalized spacial score (nSPS) is 17.2. The highest BCUT2D eigenvalue weighted by atomic mass is 16.2. The molecule has 1 saturated heterocycles. The van der Waals surface area contributed by atoms with Crippen LogP contribution in [0.5, 0.6) is 0 Å². The van der Waals surface area contributed by atoms with Gasteiger partial charge in [0.25, 0.3) is 0 Å². The molecule has 0 radical (unpaired) electrons. The second kappa shape index (κ2) is 7.81. The van der Waals surface area contributed by atoms with E-state index in [4.69, 9.17) is 0 Å². The van der Waals surface area contributed by atoms with E-state index in [1.807, 2.05) is 18.2 Å². The SMILES string of the molecule is C[C@@H](CNC(=O)CN1CCCCCC1=O)c1ccccc1. The van der Waals surface area contributed by atoms with Crippen molar-refractivity contribution >= 4 is 11.8 Å². The predicted octanol–water partition coefficient (Wildman–Crippen LogP) is 2.31. The molecule has 1 fully saturated rings. The van der Waals surface area contributed by atoms with Gasteiger partial charge in [-0.15, -0.1) is 0 Å². The number of amides is 2. The minimum Gasteiger partial charge on any atom is -0.354 e. The molecule has 4 nitrogen and oxygen atoms in total. The molecule has 1 N–H and O–H groups in total. The number of carbonyl (C=O) groups is 2. The second-order valence-electron chi connectivity index (χ2n) is 5.74. The molecule has 0 aromatic heterocycles. The molecule has 1 aliphatic rings. The van der Waals surface area contributed by atoms with Crippen molar-refractivity contribution in [2.45, 2.75) is 38.5 Å². The summed E-state index contributed by atoms with van der Waals surface area (Å²) in [6, 6.07) is 10.1. The molecule has 0 bridgehead atoms. The second-order valence-corrected chi connectivity index (χ2v) is 5.74. The van der Waals surface area contributed by atoms with Gasteiger partial charge in [-0.25, -0.2) is 0 Å². The van der Waals surface area contributed by atoms with E-state index in [1.165, 1.54) is 5.56 Å². The molecule has 1 aromatic carbocycles. The first-order valence-corrected chi connectivity index (χ1v) is 7.76. The molecule has 21 heavy (non-hydrogen) atoms. The van der Waals surface area contributed by atoms with Gasteiger partial charge in [-0.3, -0.25) is 9.59 Å². The van der Waals surface area contributed by atoms with Gasteiger partial charge in [0.05, 0.1) is 6.54 Å². The molecule has 0 unspecified atom stereocenters. The quantitative estimate of drug-likeness (QED) is 0.904. The Morgan fingerprint density at radius 1 is 1.24 bits per heavy atom. The molecule has 1 atom stereocenters. The number of hydrogen-bond donors (Lipinski definition) is 1. The third kappa shape index (κ3) is 4.88. The number of nitrogens with zero attached hydrogens (tertiary/aromatic N) is 1. The molecule has 0 aliphatic carbocycles. The summed E-state index contributed by atoms with van der Waals surface area (Å²) >= 11 is 0. The Hall–Kier alpha value is -1.84. The topological polar surface area (TPSA) is 49.4 Å². The highest BCUT2D eigenvalue weighted by molar-refractivity contribution is 5.84. The van der Waals surface area contributed by atoms with Gasteiger partial charge >= 0.3 is 0 Å². The van der Waals surface area contributed by atoms with Gasteiger partial charge < -0.3 is 10.2 Å². The van der Waals surface area contributed by atoms with E-state index in [-0.39, 0.29) is 24.3 Å². The fourth-order valence-electron chi connectivity index (χ4n) is 2.60. The van der Waals surface area contributed by atoms with Crippen LogP contribution in [0.3, 0.4) is 0 Å². The van der Waals surface area contributed by atoms with E-state index in [0.29, 0.717) is 19.5 Å². The molecule has 0 spiro atoms. The van der Waals surface area contributed by atoms with Crippen molar-refractivity contribution in [2.24, 2.45) is 0 Å². The number of benzene rings is 1. The number of rotatable bonds is 5. The summed E-state index contributed by atoms with van der Waals surface area (Å²) in [6.45, 7) is 3.60. The van der Waals surface area contributed by atoms with Gasteiger partial charge in [0.2, 0.25) is 11.8 Å². The molecule has 1 heterocycles. The van der Waals surface area contributed by atoms with E-state index in [0.717, 1.165) is 19.3 Å². The summed E-state index contributed by atoms with van der Waals surface area (Å²) in [6.07, 6.45) is 3.60. The summed E-state index contributed by atoms with van der Waals surface area (Å²) in [5, 5.41) is 2.94. The lowest BCUT2D eigenvalue weighted by Gasteiger charge is -2.20. The highest BCUT2D eigenvalue weighted by Gasteiger charge is 2.19. The van der Waals surface area contributed by atoms with Gasteiger partial charge in [-0.1, -0.05) is 43.7 Å². The van der Waals surface area contributed by atoms with Crippen LogP contribution in [0.1, 0.15) is 44.1 Å². The van der Waals surface area contributed by atoms with Gasteiger partial charge in [0.15, 0.2) is 0 Å². The van der Waals surface area contributed by atoms with Crippen molar-refractivity contribution in [1.82, 2.24) is 10.2 Å². The number of carbonyl (C=O) groups excluding carboxylic acids is 2. The van der Waals surface area contributed by atoms with Crippen molar-refractivity contribution in [2.75, 3.05) is 19.6 Å². The zero-order valence-corrected chi connectivity index (χ0v) is 12.7. The largest absolute Gasteiger partial charge is 0.354 e. The predicted molar refractivity (Wildman–Crippen MR) is 82.9 cm³/mol. The van der Waals surface area contributed by atoms with Crippen molar-refractivity contribution in [3.05, 3.63) is 35.9 Å². The van der Waals surface area contributed by atoms with Crippen LogP contribution in [-0.4, -0.2) is 36.3 Å². The molecule has 1 aliphatic heterocycles. The van der Waals surface area contributed by atoms with Crippen LogP contribution in [-0.2, 0) is 9.59 Å². The molecule has 4 heteroatoms. The Balaban J connectivity index is 1.78. The molecular weight excluding hydrogens is 264 g/mol. The summed E-state index contributed by atoms with van der Waals surface area (Å²) in [7, 11) is 0. The molecule has 0 saturated carbocycles. The van der Waals surface area contributed by atoms with Crippen molar-refractivity contribution in [3.63, 3.8) is 0 Å². The number of nitrogens with one attached hydrogen (secondary N) is 1. The van der Waals surface area contributed by atoms with Gasteiger partial charge in [-0.2, -0.15) is 0 Å². The average Bonchev–Trinajstić information content (AvgIpc) is 2.71. The van der Waals surface area contributed by atoms with Crippen molar-refractivity contribution < 1.29 is 9.59 Å². The molecular formula is C17H24N2O2. The molecule has 2 amide bonds. The van der Waals surface area contributed by atoms with Crippen LogP contribution in [0.15, 0.2) is 30.3 Å². The van der Waals surface area contributed by atoms with E-state index in [1.54, 1.807) is 4.90 Å².